The maximum Gasteiger partial charge on any atom is 0.263 e. The molecule has 1 aliphatic heterocycles. The Kier molecular flexibility index (Phi) is 6.06. The van der Waals surface area contributed by atoms with Crippen LogP contribution in [0.4, 0.5) is 0 Å². The maximum atomic E-state index is 12.5. The van der Waals surface area contributed by atoms with Gasteiger partial charge in [0.1, 0.15) is 5.56 Å². The molecule has 26 heavy (non-hydrogen) atoms. The van der Waals surface area contributed by atoms with Gasteiger partial charge in [0.05, 0.1) is 12.1 Å². The number of aromatic nitrogens is 1. The number of carbonyl (C=O) groups is 1. The Balaban J connectivity index is 1.59. The lowest BCUT2D eigenvalue weighted by Crippen LogP contribution is -2.43. The molecule has 1 aliphatic rings. The van der Waals surface area contributed by atoms with Gasteiger partial charge < -0.3 is 15.0 Å². The molecule has 6 heteroatoms. The Morgan fingerprint density at radius 3 is 2.92 bits per heavy atom. The average molecular weight is 357 g/mol. The molecule has 0 radical (unpaired) electrons. The molecule has 1 atom stereocenters. The molecule has 2 heterocycles. The normalized spacial score (nSPS) is 18.2. The molecule has 1 unspecified atom stereocenters. The highest BCUT2D eigenvalue weighted by Gasteiger charge is 2.21. The van der Waals surface area contributed by atoms with E-state index in [1.54, 1.807) is 13.1 Å². The summed E-state index contributed by atoms with van der Waals surface area (Å²) in [5, 5.41) is 13.2. The van der Waals surface area contributed by atoms with Crippen molar-refractivity contribution in [2.45, 2.75) is 31.7 Å². The first-order valence-electron chi connectivity index (χ1n) is 9.33. The zero-order chi connectivity index (χ0) is 18.5. The largest absolute Gasteiger partial charge is 0.395 e. The van der Waals surface area contributed by atoms with Crippen molar-refractivity contribution in [2.75, 3.05) is 26.2 Å². The lowest BCUT2D eigenvalue weighted by molar-refractivity contribution is 0.0868. The molecular weight excluding hydrogens is 330 g/mol. The van der Waals surface area contributed by atoms with Crippen LogP contribution in [0, 0.1) is 0 Å². The SMILES string of the molecule is Cn1c(=O)c(C(=O)NCCCN2CCCCC2CO)cc2ccccc21. The van der Waals surface area contributed by atoms with Gasteiger partial charge in [-0.05, 0) is 43.3 Å². The summed E-state index contributed by atoms with van der Waals surface area (Å²) >= 11 is 0. The molecule has 1 aromatic heterocycles. The van der Waals surface area contributed by atoms with Gasteiger partial charge >= 0.3 is 0 Å². The van der Waals surface area contributed by atoms with Gasteiger partial charge in [-0.25, -0.2) is 0 Å². The monoisotopic (exact) mass is 357 g/mol. The second kappa shape index (κ2) is 8.47. The van der Waals surface area contributed by atoms with Crippen molar-refractivity contribution in [3.63, 3.8) is 0 Å². The predicted octanol–water partition coefficient (Wildman–Crippen LogP) is 1.51. The third-order valence-electron chi connectivity index (χ3n) is 5.25. The van der Waals surface area contributed by atoms with Gasteiger partial charge in [-0.1, -0.05) is 24.6 Å². The predicted molar refractivity (Wildman–Crippen MR) is 102 cm³/mol. The summed E-state index contributed by atoms with van der Waals surface area (Å²) < 4.78 is 1.52. The van der Waals surface area contributed by atoms with E-state index in [-0.39, 0.29) is 29.7 Å². The Labute approximate surface area is 153 Å². The Morgan fingerprint density at radius 1 is 1.31 bits per heavy atom. The molecular formula is C20H27N3O3. The van der Waals surface area contributed by atoms with Crippen molar-refractivity contribution >= 4 is 16.8 Å². The van der Waals surface area contributed by atoms with E-state index in [0.717, 1.165) is 43.3 Å². The highest BCUT2D eigenvalue weighted by atomic mass is 16.3. The number of benzene rings is 1. The Morgan fingerprint density at radius 2 is 2.12 bits per heavy atom. The van der Waals surface area contributed by atoms with Crippen molar-refractivity contribution in [2.24, 2.45) is 7.05 Å². The number of rotatable bonds is 6. The van der Waals surface area contributed by atoms with E-state index in [9.17, 15) is 14.7 Å². The van der Waals surface area contributed by atoms with Crippen LogP contribution in [0.5, 0.6) is 0 Å². The molecule has 2 N–H and O–H groups in total. The molecule has 1 saturated heterocycles. The van der Waals surface area contributed by atoms with Gasteiger partial charge in [0.25, 0.3) is 11.5 Å². The zero-order valence-electron chi connectivity index (χ0n) is 15.3. The van der Waals surface area contributed by atoms with Crippen LogP contribution in [0.15, 0.2) is 35.1 Å². The van der Waals surface area contributed by atoms with E-state index >= 15 is 0 Å². The number of para-hydroxylation sites is 1. The number of fused-ring (bicyclic) bond motifs is 1. The highest BCUT2D eigenvalue weighted by Crippen LogP contribution is 2.16. The summed E-state index contributed by atoms with van der Waals surface area (Å²) in [6.07, 6.45) is 4.17. The summed E-state index contributed by atoms with van der Waals surface area (Å²) in [6.45, 7) is 2.56. The highest BCUT2D eigenvalue weighted by molar-refractivity contribution is 5.97. The van der Waals surface area contributed by atoms with Crippen molar-refractivity contribution < 1.29 is 9.90 Å². The molecule has 140 valence electrons. The fraction of sp³-hybridized carbons (Fsp3) is 0.500. The summed E-state index contributed by atoms with van der Waals surface area (Å²) in [6, 6.07) is 9.45. The number of pyridine rings is 1. The minimum atomic E-state index is -0.325. The van der Waals surface area contributed by atoms with Crippen LogP contribution in [0.3, 0.4) is 0 Å². The molecule has 1 fully saturated rings. The number of hydrogen-bond donors (Lipinski definition) is 2. The molecule has 0 bridgehead atoms. The number of carbonyl (C=O) groups excluding carboxylic acids is 1. The van der Waals surface area contributed by atoms with Crippen LogP contribution in [0.1, 0.15) is 36.0 Å². The van der Waals surface area contributed by atoms with Crippen molar-refractivity contribution in [3.05, 3.63) is 46.2 Å². The number of hydrogen-bond acceptors (Lipinski definition) is 4. The van der Waals surface area contributed by atoms with E-state index in [1.165, 1.54) is 11.0 Å². The number of aliphatic hydroxyl groups excluding tert-OH is 1. The van der Waals surface area contributed by atoms with Crippen LogP contribution in [-0.4, -0.2) is 52.8 Å². The smallest absolute Gasteiger partial charge is 0.263 e. The van der Waals surface area contributed by atoms with E-state index in [1.807, 2.05) is 24.3 Å². The minimum Gasteiger partial charge on any atom is -0.395 e. The molecule has 6 nitrogen and oxygen atoms in total. The summed E-state index contributed by atoms with van der Waals surface area (Å²) in [5.41, 5.74) is 0.712. The number of aliphatic hydroxyl groups is 1. The lowest BCUT2D eigenvalue weighted by atomic mass is 10.0. The fourth-order valence-corrected chi connectivity index (χ4v) is 3.73. The third kappa shape index (κ3) is 3.97. The quantitative estimate of drug-likeness (QED) is 0.769. The molecule has 1 aromatic carbocycles. The standard InChI is InChI=1S/C20H27N3O3/c1-22-18-9-3-2-7-15(18)13-17(20(22)26)19(25)21-10-6-12-23-11-5-4-8-16(23)14-24/h2-3,7,9,13,16,24H,4-6,8,10-12,14H2,1H3,(H,21,25). The van der Waals surface area contributed by atoms with E-state index in [2.05, 4.69) is 10.2 Å². The van der Waals surface area contributed by atoms with Crippen LogP contribution < -0.4 is 10.9 Å². The maximum absolute atomic E-state index is 12.5. The minimum absolute atomic E-state index is 0.178. The Bertz CT molecular complexity index is 831. The summed E-state index contributed by atoms with van der Waals surface area (Å²) in [4.78, 5) is 27.2. The molecule has 0 spiro atoms. The van der Waals surface area contributed by atoms with Gasteiger partial charge in [0.2, 0.25) is 0 Å². The van der Waals surface area contributed by atoms with Gasteiger partial charge in [-0.2, -0.15) is 0 Å². The molecule has 0 saturated carbocycles. The van der Waals surface area contributed by atoms with Gasteiger partial charge in [-0.3, -0.25) is 14.5 Å². The molecule has 2 aromatic rings. The number of piperidine rings is 1. The van der Waals surface area contributed by atoms with E-state index in [0.29, 0.717) is 6.54 Å². The van der Waals surface area contributed by atoms with Crippen LogP contribution in [-0.2, 0) is 7.05 Å². The third-order valence-corrected chi connectivity index (χ3v) is 5.25. The average Bonchev–Trinajstić information content (AvgIpc) is 2.68. The topological polar surface area (TPSA) is 74.6 Å². The van der Waals surface area contributed by atoms with Crippen molar-refractivity contribution in [3.8, 4) is 0 Å². The number of amides is 1. The first-order valence-corrected chi connectivity index (χ1v) is 9.33. The van der Waals surface area contributed by atoms with Gasteiger partial charge in [-0.15, -0.1) is 0 Å². The van der Waals surface area contributed by atoms with Crippen molar-refractivity contribution in [1.29, 1.82) is 0 Å². The van der Waals surface area contributed by atoms with E-state index in [4.69, 9.17) is 0 Å². The van der Waals surface area contributed by atoms with Crippen LogP contribution in [0.25, 0.3) is 10.9 Å². The zero-order valence-corrected chi connectivity index (χ0v) is 15.3. The first-order chi connectivity index (χ1) is 12.6. The number of nitrogens with zero attached hydrogens (tertiary/aromatic N) is 2. The second-order valence-corrected chi connectivity index (χ2v) is 6.96. The summed E-state index contributed by atoms with van der Waals surface area (Å²) in [7, 11) is 1.69. The van der Waals surface area contributed by atoms with E-state index < -0.39 is 0 Å². The van der Waals surface area contributed by atoms with Gasteiger partial charge in [0, 0.05) is 26.2 Å². The van der Waals surface area contributed by atoms with Crippen LogP contribution >= 0.6 is 0 Å². The number of nitrogens with one attached hydrogen (secondary N) is 1. The Hall–Kier alpha value is -2.18. The lowest BCUT2D eigenvalue weighted by Gasteiger charge is -2.34. The molecule has 3 rings (SSSR count). The fourth-order valence-electron chi connectivity index (χ4n) is 3.73. The summed E-state index contributed by atoms with van der Waals surface area (Å²) in [5.74, 6) is -0.325. The van der Waals surface area contributed by atoms with Crippen molar-refractivity contribution in [1.82, 2.24) is 14.8 Å². The second-order valence-electron chi connectivity index (χ2n) is 6.96. The molecule has 0 aliphatic carbocycles. The van der Waals surface area contributed by atoms with Crippen LogP contribution in [0.2, 0.25) is 0 Å². The number of likely N-dealkylation sites (tertiary alicyclic amines) is 1. The first kappa shape index (κ1) is 18.6. The number of aryl methyl sites for hydroxylation is 1. The molecule has 1 amide bonds. The van der Waals surface area contributed by atoms with Gasteiger partial charge in [0.15, 0.2) is 0 Å².